The molecule has 2 fully saturated rings. The number of ether oxygens (including phenoxy) is 1. The number of piperazine rings is 1. The van der Waals surface area contributed by atoms with Gasteiger partial charge in [0, 0.05) is 44.7 Å². The summed E-state index contributed by atoms with van der Waals surface area (Å²) in [5, 5.41) is 0. The van der Waals surface area contributed by atoms with Crippen molar-refractivity contribution in [2.24, 2.45) is 0 Å². The highest BCUT2D eigenvalue weighted by Gasteiger charge is 2.56. The van der Waals surface area contributed by atoms with Crippen molar-refractivity contribution in [3.05, 3.63) is 70.8 Å². The Labute approximate surface area is 195 Å². The van der Waals surface area contributed by atoms with E-state index in [1.54, 1.807) is 24.3 Å². The smallest absolute Gasteiger partial charge is 0.453 e. The van der Waals surface area contributed by atoms with Gasteiger partial charge >= 0.3 is 18.1 Å². The van der Waals surface area contributed by atoms with E-state index in [0.29, 0.717) is 23.2 Å². The molecule has 4 rings (SSSR count). The molecule has 0 aliphatic carbocycles. The lowest BCUT2D eigenvalue weighted by atomic mass is 10.0. The van der Waals surface area contributed by atoms with E-state index in [1.165, 1.54) is 7.11 Å². The first kappa shape index (κ1) is 24.6. The average Bonchev–Trinajstić information content (AvgIpc) is 3.38. The minimum atomic E-state index is -5.51. The molecule has 34 heavy (non-hydrogen) atoms. The summed E-state index contributed by atoms with van der Waals surface area (Å²) < 4.78 is 68.0. The Morgan fingerprint density at radius 3 is 1.76 bits per heavy atom. The molecule has 2 aliphatic rings. The van der Waals surface area contributed by atoms with Gasteiger partial charge in [-0.1, -0.05) is 36.4 Å². The topological polar surface area (TPSA) is 32.8 Å². The van der Waals surface area contributed by atoms with Crippen LogP contribution < -0.4 is 0 Å². The summed E-state index contributed by atoms with van der Waals surface area (Å²) in [6.07, 6.45) is -6.00. The fourth-order valence-electron chi connectivity index (χ4n) is 4.81. The summed E-state index contributed by atoms with van der Waals surface area (Å²) in [6.45, 7) is 3.40. The zero-order valence-electron chi connectivity index (χ0n) is 18.8. The second-order valence-corrected chi connectivity index (χ2v) is 9.11. The van der Waals surface area contributed by atoms with Gasteiger partial charge in [0.25, 0.3) is 0 Å². The number of carbonyl (C=O) groups is 1. The summed E-state index contributed by atoms with van der Waals surface area (Å²) in [4.78, 5) is 16.4. The molecule has 0 radical (unpaired) electrons. The number of nitrogens with zero attached hydrogens (tertiary/aromatic N) is 2. The molecule has 2 bridgehead atoms. The zero-order valence-corrected chi connectivity index (χ0v) is 18.8. The van der Waals surface area contributed by atoms with E-state index >= 15 is 0 Å². The fraction of sp³-hybridized carbons (Fsp3) is 0.480. The minimum Gasteiger partial charge on any atom is -0.465 e. The van der Waals surface area contributed by atoms with Crippen LogP contribution >= 0.6 is 0 Å². The second-order valence-electron chi connectivity index (χ2n) is 9.11. The first-order valence-electron chi connectivity index (χ1n) is 11.2. The number of alkyl halides is 5. The predicted octanol–water partition coefficient (Wildman–Crippen LogP) is 5.06. The van der Waals surface area contributed by atoms with Crippen molar-refractivity contribution >= 4 is 5.97 Å². The first-order chi connectivity index (χ1) is 16.1. The van der Waals surface area contributed by atoms with Gasteiger partial charge in [-0.3, -0.25) is 9.80 Å². The number of methoxy groups -OCH3 is 1. The number of carbonyl (C=O) groups excluding carboxylic acids is 1. The van der Waals surface area contributed by atoms with Gasteiger partial charge in [0.2, 0.25) is 0 Å². The molecular weight excluding hydrogens is 455 g/mol. The normalized spacial score (nSPS) is 21.2. The zero-order chi connectivity index (χ0) is 24.5. The van der Waals surface area contributed by atoms with Gasteiger partial charge in [0.15, 0.2) is 0 Å². The summed E-state index contributed by atoms with van der Waals surface area (Å²) in [5.74, 6) is -5.02. The first-order valence-corrected chi connectivity index (χ1v) is 11.2. The molecule has 2 saturated heterocycles. The van der Waals surface area contributed by atoms with E-state index in [9.17, 15) is 26.7 Å². The monoisotopic (exact) mass is 482 g/mol. The molecule has 0 aromatic heterocycles. The molecule has 0 spiro atoms. The number of likely N-dealkylation sites (tertiary alicyclic amines) is 2. The van der Waals surface area contributed by atoms with Crippen molar-refractivity contribution in [1.29, 1.82) is 0 Å². The van der Waals surface area contributed by atoms with Crippen molar-refractivity contribution in [2.75, 3.05) is 20.2 Å². The molecule has 2 atom stereocenters. The Morgan fingerprint density at radius 2 is 1.32 bits per heavy atom. The number of hydrogen-bond acceptors (Lipinski definition) is 4. The molecule has 2 aromatic rings. The molecule has 0 saturated carbocycles. The Bertz CT molecular complexity index is 992. The van der Waals surface area contributed by atoms with Crippen LogP contribution in [-0.4, -0.2) is 60.2 Å². The summed E-state index contributed by atoms with van der Waals surface area (Å²) in [5.41, 5.74) is 3.16. The molecule has 0 amide bonds. The third-order valence-corrected chi connectivity index (χ3v) is 6.78. The highest BCUT2D eigenvalue weighted by Crippen LogP contribution is 2.39. The van der Waals surface area contributed by atoms with E-state index in [1.807, 2.05) is 24.3 Å². The van der Waals surface area contributed by atoms with Crippen LogP contribution in [0.3, 0.4) is 0 Å². The summed E-state index contributed by atoms with van der Waals surface area (Å²) in [7, 11) is 1.36. The highest BCUT2D eigenvalue weighted by molar-refractivity contribution is 5.89. The van der Waals surface area contributed by atoms with Crippen LogP contribution in [0.1, 0.15) is 39.9 Å². The lowest BCUT2D eigenvalue weighted by Crippen LogP contribution is -2.45. The van der Waals surface area contributed by atoms with Gasteiger partial charge in [-0.05, 0) is 41.7 Å². The number of esters is 1. The molecule has 2 aliphatic heterocycles. The van der Waals surface area contributed by atoms with E-state index in [0.717, 1.165) is 43.7 Å². The number of rotatable bonds is 8. The third-order valence-electron chi connectivity index (χ3n) is 6.78. The van der Waals surface area contributed by atoms with Gasteiger partial charge in [0.05, 0.1) is 12.7 Å². The van der Waals surface area contributed by atoms with E-state index in [4.69, 9.17) is 4.74 Å². The highest BCUT2D eigenvalue weighted by atomic mass is 19.4. The number of fused-ring (bicyclic) bond motifs is 2. The Morgan fingerprint density at radius 1 is 0.853 bits per heavy atom. The van der Waals surface area contributed by atoms with Crippen LogP contribution in [0.4, 0.5) is 22.0 Å². The fourth-order valence-corrected chi connectivity index (χ4v) is 4.81. The van der Waals surface area contributed by atoms with Gasteiger partial charge in [0.1, 0.15) is 0 Å². The van der Waals surface area contributed by atoms with Gasteiger partial charge in [-0.2, -0.15) is 22.0 Å². The largest absolute Gasteiger partial charge is 0.465 e. The van der Waals surface area contributed by atoms with Crippen molar-refractivity contribution in [3.63, 3.8) is 0 Å². The van der Waals surface area contributed by atoms with Gasteiger partial charge in [-0.15, -0.1) is 0 Å². The molecular formula is C25H27F5N2O2. The molecule has 2 heterocycles. The standard InChI is InChI=1S/C25H27F5N2O2/c1-34-23(33)20-8-6-19(7-9-20)14-32-16-21-12-22(32)15-31(21)13-18-4-2-17(3-5-18)10-11-24(26,27)25(28,29)30/h2-9,21-22H,10-16H2,1H3/t21-,22-/m0/s1. The predicted molar refractivity (Wildman–Crippen MR) is 117 cm³/mol. The van der Waals surface area contributed by atoms with Crippen molar-refractivity contribution in [2.45, 2.75) is 56.5 Å². The molecule has 9 heteroatoms. The Hall–Kier alpha value is -2.52. The van der Waals surface area contributed by atoms with Gasteiger partial charge < -0.3 is 4.74 Å². The van der Waals surface area contributed by atoms with Crippen LogP contribution in [0.5, 0.6) is 0 Å². The van der Waals surface area contributed by atoms with E-state index in [2.05, 4.69) is 9.80 Å². The van der Waals surface area contributed by atoms with Crippen LogP contribution in [0, 0.1) is 0 Å². The minimum absolute atomic E-state index is 0.323. The van der Waals surface area contributed by atoms with Gasteiger partial charge in [-0.25, -0.2) is 4.79 Å². The molecule has 4 nitrogen and oxygen atoms in total. The summed E-state index contributed by atoms with van der Waals surface area (Å²) >= 11 is 0. The van der Waals surface area contributed by atoms with E-state index in [-0.39, 0.29) is 12.4 Å². The number of benzene rings is 2. The maximum Gasteiger partial charge on any atom is 0.453 e. The maximum absolute atomic E-state index is 13.1. The number of halogens is 5. The molecule has 2 aromatic carbocycles. The average molecular weight is 482 g/mol. The Balaban J connectivity index is 1.26. The van der Waals surface area contributed by atoms with Crippen LogP contribution in [0.2, 0.25) is 0 Å². The van der Waals surface area contributed by atoms with Crippen molar-refractivity contribution in [3.8, 4) is 0 Å². The SMILES string of the molecule is COC(=O)c1ccc(CN2C[C@@H]3C[C@H]2CN3Cc2ccc(CCC(F)(F)C(F)(F)F)cc2)cc1. The maximum atomic E-state index is 13.1. The molecule has 0 N–H and O–H groups in total. The summed E-state index contributed by atoms with van der Waals surface area (Å²) in [6, 6.07) is 15.2. The Kier molecular flexibility index (Phi) is 6.96. The van der Waals surface area contributed by atoms with E-state index < -0.39 is 18.5 Å². The number of aryl methyl sites for hydroxylation is 1. The molecule has 0 unspecified atom stereocenters. The number of hydrogen-bond donors (Lipinski definition) is 0. The van der Waals surface area contributed by atoms with Crippen molar-refractivity contribution in [1.82, 2.24) is 9.80 Å². The third kappa shape index (κ3) is 5.41. The van der Waals surface area contributed by atoms with Crippen LogP contribution in [-0.2, 0) is 24.2 Å². The van der Waals surface area contributed by atoms with Crippen LogP contribution in [0.25, 0.3) is 0 Å². The quantitative estimate of drug-likeness (QED) is 0.389. The van der Waals surface area contributed by atoms with Crippen LogP contribution in [0.15, 0.2) is 48.5 Å². The lowest BCUT2D eigenvalue weighted by Gasteiger charge is -2.34. The second kappa shape index (κ2) is 9.62. The lowest BCUT2D eigenvalue weighted by molar-refractivity contribution is -0.284. The molecule has 184 valence electrons. The van der Waals surface area contributed by atoms with Crippen molar-refractivity contribution < 1.29 is 31.5 Å².